The van der Waals surface area contributed by atoms with Crippen molar-refractivity contribution in [3.05, 3.63) is 10.7 Å². The van der Waals surface area contributed by atoms with Gasteiger partial charge in [0.25, 0.3) is 4.84 Å². The maximum absolute atomic E-state index is 9.68. The fourth-order valence-electron chi connectivity index (χ4n) is 1.80. The first-order chi connectivity index (χ1) is 6.27. The summed E-state index contributed by atoms with van der Waals surface area (Å²) in [5.41, 5.74) is 0. The van der Waals surface area contributed by atoms with Crippen LogP contribution in [0.15, 0.2) is 4.42 Å². The number of rotatable bonds is 1. The molecule has 1 aliphatic rings. The number of aromatic amines is 1. The highest BCUT2D eigenvalue weighted by Gasteiger charge is 2.28. The van der Waals surface area contributed by atoms with Gasteiger partial charge in [0, 0.05) is 0 Å². The minimum Gasteiger partial charge on any atom is -0.414 e. The van der Waals surface area contributed by atoms with Gasteiger partial charge in [0.05, 0.1) is 12.0 Å². The lowest BCUT2D eigenvalue weighted by atomic mass is 9.86. The van der Waals surface area contributed by atoms with Gasteiger partial charge in [-0.3, -0.25) is 0 Å². The Morgan fingerprint density at radius 3 is 2.85 bits per heavy atom. The Bertz CT molecular complexity index is 333. The van der Waals surface area contributed by atoms with E-state index in [9.17, 15) is 5.11 Å². The molecule has 0 amide bonds. The highest BCUT2D eigenvalue weighted by atomic mass is 32.1. The topological polar surface area (TPSA) is 62.1 Å². The quantitative estimate of drug-likeness (QED) is 0.678. The van der Waals surface area contributed by atoms with E-state index in [1.54, 1.807) is 0 Å². The molecule has 0 spiro atoms. The first-order valence-corrected chi connectivity index (χ1v) is 4.91. The third kappa shape index (κ3) is 1.81. The second-order valence-electron chi connectivity index (χ2n) is 3.41. The Kier molecular flexibility index (Phi) is 2.46. The molecule has 1 aliphatic carbocycles. The number of aliphatic hydroxyl groups excluding tert-OH is 1. The van der Waals surface area contributed by atoms with Crippen LogP contribution in [0.25, 0.3) is 0 Å². The molecule has 5 heteroatoms. The fourth-order valence-corrected chi connectivity index (χ4v) is 1.93. The predicted molar refractivity (Wildman–Crippen MR) is 48.9 cm³/mol. The molecule has 1 saturated carbocycles. The second kappa shape index (κ2) is 3.59. The molecule has 2 rings (SSSR count). The third-order valence-corrected chi connectivity index (χ3v) is 2.68. The number of nitrogens with one attached hydrogen (secondary N) is 1. The van der Waals surface area contributed by atoms with Crippen LogP contribution in [0.4, 0.5) is 0 Å². The van der Waals surface area contributed by atoms with Crippen molar-refractivity contribution in [2.75, 3.05) is 0 Å². The molecule has 1 heterocycles. The van der Waals surface area contributed by atoms with E-state index in [0.717, 1.165) is 25.7 Å². The Morgan fingerprint density at radius 2 is 2.23 bits per heavy atom. The van der Waals surface area contributed by atoms with Crippen molar-refractivity contribution in [1.29, 1.82) is 0 Å². The van der Waals surface area contributed by atoms with E-state index in [2.05, 4.69) is 10.2 Å². The van der Waals surface area contributed by atoms with Gasteiger partial charge in [-0.05, 0) is 25.1 Å². The lowest BCUT2D eigenvalue weighted by Gasteiger charge is -2.24. The Labute approximate surface area is 81.0 Å². The summed E-state index contributed by atoms with van der Waals surface area (Å²) < 4.78 is 5.18. The molecular weight excluding hydrogens is 188 g/mol. The van der Waals surface area contributed by atoms with Crippen molar-refractivity contribution >= 4 is 12.2 Å². The molecule has 1 aromatic heterocycles. The van der Waals surface area contributed by atoms with E-state index in [4.69, 9.17) is 16.6 Å². The Morgan fingerprint density at radius 1 is 1.46 bits per heavy atom. The van der Waals surface area contributed by atoms with Gasteiger partial charge in [0.1, 0.15) is 0 Å². The van der Waals surface area contributed by atoms with Gasteiger partial charge in [0.15, 0.2) is 0 Å². The van der Waals surface area contributed by atoms with E-state index in [-0.39, 0.29) is 16.9 Å². The van der Waals surface area contributed by atoms with E-state index >= 15 is 0 Å². The molecule has 0 unspecified atom stereocenters. The molecule has 2 atom stereocenters. The van der Waals surface area contributed by atoms with E-state index < -0.39 is 0 Å². The van der Waals surface area contributed by atoms with E-state index in [1.165, 1.54) is 0 Å². The summed E-state index contributed by atoms with van der Waals surface area (Å²) in [6, 6.07) is 0. The van der Waals surface area contributed by atoms with Crippen LogP contribution >= 0.6 is 12.2 Å². The average Bonchev–Trinajstić information content (AvgIpc) is 2.53. The highest BCUT2D eigenvalue weighted by Crippen LogP contribution is 2.31. The summed E-state index contributed by atoms with van der Waals surface area (Å²) in [7, 11) is 0. The summed E-state index contributed by atoms with van der Waals surface area (Å²) in [4.78, 5) is 0.285. The summed E-state index contributed by atoms with van der Waals surface area (Å²) in [5.74, 6) is 0.582. The van der Waals surface area contributed by atoms with Gasteiger partial charge in [-0.2, -0.15) is 0 Å². The number of aliphatic hydroxyl groups is 1. The third-order valence-electron chi connectivity index (χ3n) is 2.50. The lowest BCUT2D eigenvalue weighted by molar-refractivity contribution is 0.0938. The number of hydrogen-bond acceptors (Lipinski definition) is 4. The maximum atomic E-state index is 9.68. The van der Waals surface area contributed by atoms with Gasteiger partial charge < -0.3 is 9.52 Å². The van der Waals surface area contributed by atoms with Crippen LogP contribution in [0.1, 0.15) is 37.5 Å². The zero-order chi connectivity index (χ0) is 9.26. The number of nitrogens with zero attached hydrogens (tertiary/aromatic N) is 1. The van der Waals surface area contributed by atoms with Gasteiger partial charge in [-0.25, -0.2) is 5.10 Å². The van der Waals surface area contributed by atoms with Crippen LogP contribution in [0.2, 0.25) is 0 Å². The van der Waals surface area contributed by atoms with Gasteiger partial charge in [-0.1, -0.05) is 12.8 Å². The normalized spacial score (nSPS) is 29.0. The van der Waals surface area contributed by atoms with Crippen LogP contribution in [0, 0.1) is 4.84 Å². The van der Waals surface area contributed by atoms with Crippen molar-refractivity contribution in [2.24, 2.45) is 0 Å². The minimum absolute atomic E-state index is 0.0294. The van der Waals surface area contributed by atoms with Gasteiger partial charge in [0.2, 0.25) is 5.89 Å². The molecule has 4 nitrogen and oxygen atoms in total. The smallest absolute Gasteiger partial charge is 0.284 e. The molecule has 2 N–H and O–H groups in total. The SMILES string of the molecule is O[C@@H]1CCCC[C@H]1c1n[nH]c(=S)o1. The van der Waals surface area contributed by atoms with Crippen LogP contribution < -0.4 is 0 Å². The van der Waals surface area contributed by atoms with Crippen LogP contribution in [-0.2, 0) is 0 Å². The van der Waals surface area contributed by atoms with E-state index in [0.29, 0.717) is 5.89 Å². The largest absolute Gasteiger partial charge is 0.414 e. The number of aromatic nitrogens is 2. The second-order valence-corrected chi connectivity index (χ2v) is 3.78. The molecule has 0 radical (unpaired) electrons. The van der Waals surface area contributed by atoms with Crippen molar-refractivity contribution in [3.63, 3.8) is 0 Å². The molecule has 0 aliphatic heterocycles. The molecule has 1 aromatic rings. The fraction of sp³-hybridized carbons (Fsp3) is 0.750. The maximum Gasteiger partial charge on any atom is 0.284 e. The summed E-state index contributed by atoms with van der Waals surface area (Å²) in [5, 5.41) is 16.2. The van der Waals surface area contributed by atoms with Crippen molar-refractivity contribution in [2.45, 2.75) is 37.7 Å². The van der Waals surface area contributed by atoms with Crippen molar-refractivity contribution in [3.8, 4) is 0 Å². The molecule has 13 heavy (non-hydrogen) atoms. The van der Waals surface area contributed by atoms with Crippen LogP contribution in [0.5, 0.6) is 0 Å². The van der Waals surface area contributed by atoms with Crippen LogP contribution in [0.3, 0.4) is 0 Å². The molecule has 1 fully saturated rings. The molecule has 0 saturated heterocycles. The van der Waals surface area contributed by atoms with Crippen molar-refractivity contribution < 1.29 is 9.52 Å². The summed E-state index contributed by atoms with van der Waals surface area (Å²) in [6.45, 7) is 0. The highest BCUT2D eigenvalue weighted by molar-refractivity contribution is 7.71. The van der Waals surface area contributed by atoms with Crippen LogP contribution in [-0.4, -0.2) is 21.4 Å². The summed E-state index contributed by atoms with van der Waals surface area (Å²) >= 11 is 4.77. The zero-order valence-corrected chi connectivity index (χ0v) is 8.01. The summed E-state index contributed by atoms with van der Waals surface area (Å²) in [6.07, 6.45) is 3.65. The average molecular weight is 200 g/mol. The van der Waals surface area contributed by atoms with Gasteiger partial charge in [-0.15, -0.1) is 5.10 Å². The first kappa shape index (κ1) is 8.90. The Balaban J connectivity index is 2.19. The number of hydrogen-bond donors (Lipinski definition) is 2. The van der Waals surface area contributed by atoms with Crippen molar-refractivity contribution in [1.82, 2.24) is 10.2 Å². The van der Waals surface area contributed by atoms with Gasteiger partial charge >= 0.3 is 0 Å². The molecule has 0 aromatic carbocycles. The standard InChI is InChI=1S/C8H12N2O2S/c11-6-4-2-1-3-5(6)7-9-10-8(13)12-7/h5-6,11H,1-4H2,(H,10,13)/t5-,6-/m1/s1. The minimum atomic E-state index is -0.324. The molecule has 0 bridgehead atoms. The first-order valence-electron chi connectivity index (χ1n) is 4.51. The Hall–Kier alpha value is -0.680. The predicted octanol–water partition coefficient (Wildman–Crippen LogP) is 1.75. The lowest BCUT2D eigenvalue weighted by Crippen LogP contribution is -2.22. The molecular formula is C8H12N2O2S. The van der Waals surface area contributed by atoms with E-state index in [1.807, 2.05) is 0 Å². The number of H-pyrrole nitrogens is 1. The molecule has 72 valence electrons. The monoisotopic (exact) mass is 200 g/mol. The zero-order valence-electron chi connectivity index (χ0n) is 7.19.